The van der Waals surface area contributed by atoms with Gasteiger partial charge in [0, 0.05) is 22.5 Å². The Morgan fingerprint density at radius 2 is 0.648 bits per heavy atom. The molecule has 436 valence electrons. The number of rotatable bonds is 20. The van der Waals surface area contributed by atoms with Crippen LogP contribution in [0.3, 0.4) is 0 Å². The SMILES string of the molecule is c1ccc(Oc2ccccc2COCC2CCc3c(ncn3C(c3ccccc3)(c3ccccc3)c3ccccc3)C2)cc1.c1ccc(Oc2ccccc2COCC2CCc3ncn(C(c4ccccc4)(c4ccccc4)c4ccccc4)c3C2)cc1. The van der Waals surface area contributed by atoms with Gasteiger partial charge in [0.1, 0.15) is 34.1 Å². The Labute approximate surface area is 517 Å². The van der Waals surface area contributed by atoms with Crippen molar-refractivity contribution in [3.63, 3.8) is 0 Å². The van der Waals surface area contributed by atoms with Gasteiger partial charge in [0.15, 0.2) is 0 Å². The van der Waals surface area contributed by atoms with Crippen molar-refractivity contribution in [1.29, 1.82) is 0 Å². The van der Waals surface area contributed by atoms with E-state index in [4.69, 9.17) is 28.9 Å². The van der Waals surface area contributed by atoms with Gasteiger partial charge in [-0.1, -0.05) is 255 Å². The van der Waals surface area contributed by atoms with Gasteiger partial charge in [-0.15, -0.1) is 0 Å². The molecule has 2 atom stereocenters. The first-order chi connectivity index (χ1) is 43.6. The van der Waals surface area contributed by atoms with E-state index < -0.39 is 11.1 Å². The molecule has 8 heteroatoms. The summed E-state index contributed by atoms with van der Waals surface area (Å²) in [6.45, 7) is 2.39. The molecule has 2 aliphatic rings. The average molecular weight is 1150 g/mol. The Balaban J connectivity index is 0.000000162. The Kier molecular flexibility index (Phi) is 17.7. The van der Waals surface area contributed by atoms with Crippen LogP contribution in [0.25, 0.3) is 0 Å². The molecule has 8 nitrogen and oxygen atoms in total. The molecular weight excluding hydrogens is 1080 g/mol. The lowest BCUT2D eigenvalue weighted by Crippen LogP contribution is -2.39. The summed E-state index contributed by atoms with van der Waals surface area (Å²) in [5, 5.41) is 0. The van der Waals surface area contributed by atoms with Crippen LogP contribution in [0.15, 0.2) is 304 Å². The largest absolute Gasteiger partial charge is 0.457 e. The minimum atomic E-state index is -0.555. The standard InChI is InChI=1S/2C40H36N2O2/c1-5-16-33(17-6-1)40(34-18-7-2-8-19-34,35-20-9-3-10-21-35)42-30-41-37-27-31(25-26-38(37)42)28-43-29-32-15-13-14-24-39(32)44-36-22-11-4-12-23-36;1-5-16-33(17-6-1)40(34-18-7-2-8-19-34,35-20-9-3-10-21-35)42-30-41-37-26-25-31(27-38(37)42)28-43-29-32-15-13-14-24-39(32)44-36-22-11-4-12-23-36/h2*1-24,30-31H,25-29H2. The van der Waals surface area contributed by atoms with E-state index in [2.05, 4.69) is 216 Å². The van der Waals surface area contributed by atoms with E-state index in [0.29, 0.717) is 38.3 Å². The highest BCUT2D eigenvalue weighted by molar-refractivity contribution is 5.54. The van der Waals surface area contributed by atoms with Crippen LogP contribution in [-0.2, 0) is 59.4 Å². The maximum Gasteiger partial charge on any atom is 0.132 e. The third kappa shape index (κ3) is 12.1. The van der Waals surface area contributed by atoms with Crippen LogP contribution in [0, 0.1) is 11.8 Å². The number of fused-ring (bicyclic) bond motifs is 2. The number of nitrogens with zero attached hydrogens (tertiary/aromatic N) is 4. The molecular formula is C80H72N4O4. The number of imidazole rings is 2. The summed E-state index contributed by atoms with van der Waals surface area (Å²) in [7, 11) is 0. The van der Waals surface area contributed by atoms with Gasteiger partial charge >= 0.3 is 0 Å². The van der Waals surface area contributed by atoms with Gasteiger partial charge in [0.25, 0.3) is 0 Å². The van der Waals surface area contributed by atoms with Crippen molar-refractivity contribution in [2.24, 2.45) is 11.8 Å². The zero-order valence-electron chi connectivity index (χ0n) is 49.5. The summed E-state index contributed by atoms with van der Waals surface area (Å²) in [5.74, 6) is 4.12. The van der Waals surface area contributed by atoms with E-state index in [-0.39, 0.29) is 0 Å². The minimum Gasteiger partial charge on any atom is -0.457 e. The molecule has 0 saturated carbocycles. The Hall–Kier alpha value is -9.86. The van der Waals surface area contributed by atoms with Gasteiger partial charge < -0.3 is 28.1 Å². The summed E-state index contributed by atoms with van der Waals surface area (Å²) in [4.78, 5) is 10.1. The fourth-order valence-corrected chi connectivity index (χ4v) is 13.2. The predicted molar refractivity (Wildman–Crippen MR) is 350 cm³/mol. The van der Waals surface area contributed by atoms with Gasteiger partial charge in [0.2, 0.25) is 0 Å². The van der Waals surface area contributed by atoms with E-state index in [1.807, 2.05) is 97.1 Å². The average Bonchev–Trinajstić information content (AvgIpc) is 2.18. The quantitative estimate of drug-likeness (QED) is 0.0708. The van der Waals surface area contributed by atoms with Crippen molar-refractivity contribution in [2.45, 2.75) is 62.8 Å². The molecule has 0 saturated heterocycles. The van der Waals surface area contributed by atoms with Crippen LogP contribution in [0.5, 0.6) is 23.0 Å². The first kappa shape index (κ1) is 57.2. The number of benzene rings is 10. The fourth-order valence-electron chi connectivity index (χ4n) is 13.2. The van der Waals surface area contributed by atoms with Gasteiger partial charge in [-0.3, -0.25) is 0 Å². The van der Waals surface area contributed by atoms with Crippen molar-refractivity contribution in [3.8, 4) is 23.0 Å². The number of ether oxygens (including phenoxy) is 4. The molecule has 0 N–H and O–H groups in total. The molecule has 0 bridgehead atoms. The van der Waals surface area contributed by atoms with Gasteiger partial charge in [-0.05, 0) is 120 Å². The van der Waals surface area contributed by atoms with Crippen molar-refractivity contribution in [1.82, 2.24) is 19.1 Å². The van der Waals surface area contributed by atoms with Gasteiger partial charge in [-0.25, -0.2) is 9.97 Å². The maximum absolute atomic E-state index is 6.40. The fraction of sp³-hybridized carbons (Fsp3) is 0.175. The summed E-state index contributed by atoms with van der Waals surface area (Å²) < 4.78 is 29.9. The zero-order chi connectivity index (χ0) is 59.2. The van der Waals surface area contributed by atoms with Crippen molar-refractivity contribution in [2.75, 3.05) is 13.2 Å². The molecule has 0 aliphatic heterocycles. The lowest BCUT2D eigenvalue weighted by molar-refractivity contribution is 0.0802. The van der Waals surface area contributed by atoms with E-state index in [0.717, 1.165) is 72.6 Å². The topological polar surface area (TPSA) is 72.6 Å². The molecule has 2 unspecified atom stereocenters. The molecule has 88 heavy (non-hydrogen) atoms. The molecule has 2 aliphatic carbocycles. The molecule has 0 spiro atoms. The lowest BCUT2D eigenvalue weighted by Gasteiger charge is -2.39. The van der Waals surface area contributed by atoms with Gasteiger partial charge in [0.05, 0.1) is 50.5 Å². The van der Waals surface area contributed by atoms with Crippen LogP contribution in [0.1, 0.15) is 80.1 Å². The Bertz CT molecular complexity index is 3910. The molecule has 12 aromatic rings. The van der Waals surface area contributed by atoms with E-state index in [9.17, 15) is 0 Å². The molecule has 0 fully saturated rings. The molecule has 0 amide bonds. The number of hydrogen-bond acceptors (Lipinski definition) is 6. The lowest BCUT2D eigenvalue weighted by atomic mass is 9.76. The van der Waals surface area contributed by atoms with Crippen molar-refractivity contribution in [3.05, 3.63) is 371 Å². The van der Waals surface area contributed by atoms with E-state index in [1.54, 1.807) is 0 Å². The molecule has 14 rings (SSSR count). The minimum absolute atomic E-state index is 0.389. The van der Waals surface area contributed by atoms with E-state index in [1.165, 1.54) is 56.2 Å². The molecule has 2 aromatic heterocycles. The number of hydrogen-bond donors (Lipinski definition) is 0. The monoisotopic (exact) mass is 1150 g/mol. The zero-order valence-corrected chi connectivity index (χ0v) is 49.5. The molecule has 10 aromatic carbocycles. The first-order valence-corrected chi connectivity index (χ1v) is 30.9. The van der Waals surface area contributed by atoms with Crippen LogP contribution in [0.2, 0.25) is 0 Å². The normalized spacial score (nSPS) is 14.6. The van der Waals surface area contributed by atoms with Crippen molar-refractivity contribution >= 4 is 0 Å². The second kappa shape index (κ2) is 27.2. The highest BCUT2D eigenvalue weighted by atomic mass is 16.5. The second-order valence-electron chi connectivity index (χ2n) is 22.9. The third-order valence-corrected chi connectivity index (χ3v) is 17.4. The molecule has 0 radical (unpaired) electrons. The highest BCUT2D eigenvalue weighted by Crippen LogP contribution is 2.46. The summed E-state index contributed by atoms with van der Waals surface area (Å²) in [6, 6.07) is 101. The van der Waals surface area contributed by atoms with Crippen LogP contribution >= 0.6 is 0 Å². The summed E-state index contributed by atoms with van der Waals surface area (Å²) in [6.07, 6.45) is 9.95. The van der Waals surface area contributed by atoms with Crippen LogP contribution in [0.4, 0.5) is 0 Å². The van der Waals surface area contributed by atoms with Crippen molar-refractivity contribution < 1.29 is 18.9 Å². The number of aromatic nitrogens is 4. The second-order valence-corrected chi connectivity index (χ2v) is 22.9. The number of aryl methyl sites for hydroxylation is 1. The van der Waals surface area contributed by atoms with Crippen LogP contribution in [-0.4, -0.2) is 32.3 Å². The summed E-state index contributed by atoms with van der Waals surface area (Å²) >= 11 is 0. The van der Waals surface area contributed by atoms with E-state index >= 15 is 0 Å². The Morgan fingerprint density at radius 3 is 1.05 bits per heavy atom. The predicted octanol–water partition coefficient (Wildman–Crippen LogP) is 17.7. The highest BCUT2D eigenvalue weighted by Gasteiger charge is 2.43. The number of para-hydroxylation sites is 4. The third-order valence-electron chi connectivity index (χ3n) is 17.4. The first-order valence-electron chi connectivity index (χ1n) is 30.9. The maximum atomic E-state index is 6.40. The van der Waals surface area contributed by atoms with Gasteiger partial charge in [-0.2, -0.15) is 0 Å². The van der Waals surface area contributed by atoms with Crippen LogP contribution < -0.4 is 9.47 Å². The Morgan fingerprint density at radius 1 is 0.330 bits per heavy atom. The molecule has 2 heterocycles. The smallest absolute Gasteiger partial charge is 0.132 e. The summed E-state index contributed by atoms with van der Waals surface area (Å²) in [5.41, 5.74) is 13.3.